The molecule has 0 atom stereocenters. The summed E-state index contributed by atoms with van der Waals surface area (Å²) in [6.07, 6.45) is 0. The van der Waals surface area contributed by atoms with Crippen LogP contribution >= 0.6 is 0 Å². The Kier molecular flexibility index (Phi) is 11.2. The minimum absolute atomic E-state index is 0.270. The zero-order valence-electron chi connectivity index (χ0n) is 17.6. The molecule has 0 heterocycles. The van der Waals surface area contributed by atoms with Gasteiger partial charge in [-0.1, -0.05) is 12.1 Å². The Bertz CT molecular complexity index is 693. The summed E-state index contributed by atoms with van der Waals surface area (Å²) in [4.78, 5) is 0. The van der Waals surface area contributed by atoms with E-state index < -0.39 is 0 Å². The second-order valence-electron chi connectivity index (χ2n) is 7.12. The van der Waals surface area contributed by atoms with Crippen molar-refractivity contribution >= 4 is 0 Å². The summed E-state index contributed by atoms with van der Waals surface area (Å²) in [5.74, 6) is 0.540. The van der Waals surface area contributed by atoms with Crippen molar-refractivity contribution in [3.8, 4) is 22.6 Å². The summed E-state index contributed by atoms with van der Waals surface area (Å²) < 4.78 is 0. The van der Waals surface area contributed by atoms with Crippen molar-refractivity contribution in [1.29, 1.82) is 0 Å². The van der Waals surface area contributed by atoms with Gasteiger partial charge in [-0.3, -0.25) is 0 Å². The predicted molar refractivity (Wildman–Crippen MR) is 122 cm³/mol. The highest BCUT2D eigenvalue weighted by Gasteiger charge is 2.08. The first-order valence-electron chi connectivity index (χ1n) is 10.5. The number of aromatic hydroxyl groups is 2. The van der Waals surface area contributed by atoms with Gasteiger partial charge in [-0.2, -0.15) is 0 Å². The molecule has 0 spiro atoms. The summed E-state index contributed by atoms with van der Waals surface area (Å²) >= 11 is 0. The van der Waals surface area contributed by atoms with Crippen LogP contribution in [0.25, 0.3) is 11.1 Å². The smallest absolute Gasteiger partial charge is 0.120 e. The van der Waals surface area contributed by atoms with Crippen LogP contribution in [-0.2, 0) is 13.1 Å². The molecule has 0 fully saturated rings. The molecule has 2 aromatic carbocycles. The van der Waals surface area contributed by atoms with Crippen LogP contribution in [0.2, 0.25) is 0 Å². The minimum atomic E-state index is 0.270. The Labute approximate surface area is 179 Å². The van der Waals surface area contributed by atoms with Crippen LogP contribution in [0.4, 0.5) is 0 Å². The van der Waals surface area contributed by atoms with Gasteiger partial charge in [0.15, 0.2) is 0 Å². The van der Waals surface area contributed by atoms with E-state index >= 15 is 0 Å². The van der Waals surface area contributed by atoms with Gasteiger partial charge in [-0.05, 0) is 35.4 Å². The first-order valence-corrected chi connectivity index (χ1v) is 10.5. The first kappa shape index (κ1) is 24.1. The van der Waals surface area contributed by atoms with E-state index in [1.54, 1.807) is 12.1 Å². The Morgan fingerprint density at radius 3 is 1.37 bits per heavy atom. The van der Waals surface area contributed by atoms with E-state index in [9.17, 15) is 10.2 Å². The van der Waals surface area contributed by atoms with Crippen molar-refractivity contribution in [2.24, 2.45) is 11.5 Å². The lowest BCUT2D eigenvalue weighted by Crippen LogP contribution is -2.30. The van der Waals surface area contributed by atoms with Crippen molar-refractivity contribution in [1.82, 2.24) is 21.3 Å². The number of hydrogen-bond donors (Lipinski definition) is 8. The van der Waals surface area contributed by atoms with Gasteiger partial charge >= 0.3 is 0 Å². The van der Waals surface area contributed by atoms with E-state index in [2.05, 4.69) is 21.3 Å². The summed E-state index contributed by atoms with van der Waals surface area (Å²) in [6.45, 7) is 7.23. The van der Waals surface area contributed by atoms with Crippen LogP contribution < -0.4 is 32.7 Å². The molecule has 0 saturated carbocycles. The van der Waals surface area contributed by atoms with Crippen molar-refractivity contribution < 1.29 is 10.2 Å². The lowest BCUT2D eigenvalue weighted by Gasteiger charge is -2.12. The monoisotopic (exact) mass is 416 g/mol. The van der Waals surface area contributed by atoms with E-state index in [-0.39, 0.29) is 11.5 Å². The van der Waals surface area contributed by atoms with Gasteiger partial charge in [0.05, 0.1) is 0 Å². The number of phenols is 2. The number of benzene rings is 2. The number of phenolic OH excluding ortho intramolecular Hbond substituents is 2. The van der Waals surface area contributed by atoms with Gasteiger partial charge in [0, 0.05) is 76.6 Å². The van der Waals surface area contributed by atoms with Crippen LogP contribution in [-0.4, -0.2) is 62.6 Å². The summed E-state index contributed by atoms with van der Waals surface area (Å²) in [5, 5.41) is 33.5. The molecule has 30 heavy (non-hydrogen) atoms. The summed E-state index contributed by atoms with van der Waals surface area (Å²) in [5.41, 5.74) is 14.6. The second kappa shape index (κ2) is 13.9. The van der Waals surface area contributed by atoms with Crippen LogP contribution in [0.3, 0.4) is 0 Å². The van der Waals surface area contributed by atoms with Gasteiger partial charge in [0.25, 0.3) is 0 Å². The van der Waals surface area contributed by atoms with Gasteiger partial charge < -0.3 is 42.9 Å². The topological polar surface area (TPSA) is 141 Å². The van der Waals surface area contributed by atoms with E-state index in [0.29, 0.717) is 26.2 Å². The molecule has 10 N–H and O–H groups in total. The number of nitrogens with two attached hydrogens (primary N) is 2. The summed E-state index contributed by atoms with van der Waals surface area (Å²) in [7, 11) is 0. The first-order chi connectivity index (χ1) is 14.7. The molecule has 2 aromatic rings. The molecule has 166 valence electrons. The molecule has 0 aromatic heterocycles. The Balaban J connectivity index is 1.95. The minimum Gasteiger partial charge on any atom is -0.508 e. The highest BCUT2D eigenvalue weighted by molar-refractivity contribution is 5.67. The highest BCUT2D eigenvalue weighted by Crippen LogP contribution is 2.29. The quantitative estimate of drug-likeness (QED) is 0.190. The maximum atomic E-state index is 10.2. The molecule has 0 aliphatic heterocycles. The van der Waals surface area contributed by atoms with Gasteiger partial charge in [0.2, 0.25) is 0 Å². The second-order valence-corrected chi connectivity index (χ2v) is 7.12. The SMILES string of the molecule is NCCNCCNCc1cc(-c2ccc(O)c(CNCCNCCN)c2)ccc1O. The zero-order valence-corrected chi connectivity index (χ0v) is 17.6. The lowest BCUT2D eigenvalue weighted by atomic mass is 10.00. The molecule has 0 unspecified atom stereocenters. The van der Waals surface area contributed by atoms with E-state index in [1.807, 2.05) is 24.3 Å². The van der Waals surface area contributed by atoms with E-state index in [1.165, 1.54) is 0 Å². The molecule has 0 radical (unpaired) electrons. The largest absolute Gasteiger partial charge is 0.508 e. The van der Waals surface area contributed by atoms with Crippen molar-refractivity contribution in [3.05, 3.63) is 47.5 Å². The van der Waals surface area contributed by atoms with E-state index in [0.717, 1.165) is 61.5 Å². The van der Waals surface area contributed by atoms with Crippen LogP contribution in [0.15, 0.2) is 36.4 Å². The Morgan fingerprint density at radius 2 is 0.967 bits per heavy atom. The zero-order chi connectivity index (χ0) is 21.6. The summed E-state index contributed by atoms with van der Waals surface area (Å²) in [6, 6.07) is 11.2. The third-order valence-electron chi connectivity index (χ3n) is 4.72. The van der Waals surface area contributed by atoms with Gasteiger partial charge in [-0.25, -0.2) is 0 Å². The molecule has 8 nitrogen and oxygen atoms in total. The van der Waals surface area contributed by atoms with Crippen molar-refractivity contribution in [2.75, 3.05) is 52.4 Å². The Hall–Kier alpha value is -2.20. The molecule has 0 amide bonds. The Morgan fingerprint density at radius 1 is 0.567 bits per heavy atom. The van der Waals surface area contributed by atoms with Crippen LogP contribution in [0.1, 0.15) is 11.1 Å². The number of rotatable bonds is 15. The molecule has 0 bridgehead atoms. The fraction of sp³-hybridized carbons (Fsp3) is 0.455. The van der Waals surface area contributed by atoms with Crippen molar-refractivity contribution in [2.45, 2.75) is 13.1 Å². The molecule has 0 aliphatic rings. The molecular weight excluding hydrogens is 380 g/mol. The lowest BCUT2D eigenvalue weighted by molar-refractivity contribution is 0.463. The van der Waals surface area contributed by atoms with Crippen molar-refractivity contribution in [3.63, 3.8) is 0 Å². The molecular formula is C22H36N6O2. The van der Waals surface area contributed by atoms with Crippen LogP contribution in [0.5, 0.6) is 11.5 Å². The van der Waals surface area contributed by atoms with Gasteiger partial charge in [-0.15, -0.1) is 0 Å². The maximum absolute atomic E-state index is 10.2. The number of nitrogens with one attached hydrogen (secondary N) is 4. The normalized spacial score (nSPS) is 11.1. The highest BCUT2D eigenvalue weighted by atomic mass is 16.3. The average molecular weight is 417 g/mol. The average Bonchev–Trinajstić information content (AvgIpc) is 2.75. The molecule has 0 aliphatic carbocycles. The third-order valence-corrected chi connectivity index (χ3v) is 4.72. The van der Waals surface area contributed by atoms with Gasteiger partial charge in [0.1, 0.15) is 11.5 Å². The third kappa shape index (κ3) is 8.27. The fourth-order valence-corrected chi connectivity index (χ4v) is 3.07. The maximum Gasteiger partial charge on any atom is 0.120 e. The van der Waals surface area contributed by atoms with Crippen LogP contribution in [0, 0.1) is 0 Å². The fourth-order valence-electron chi connectivity index (χ4n) is 3.07. The molecule has 2 rings (SSSR count). The van der Waals surface area contributed by atoms with E-state index in [4.69, 9.17) is 11.5 Å². The molecule has 8 heteroatoms. The number of hydrogen-bond acceptors (Lipinski definition) is 8. The predicted octanol–water partition coefficient (Wildman–Crippen LogP) is 0.0406. The molecule has 0 saturated heterocycles. The standard InChI is InChI=1S/C22H36N6O2/c23-5-7-25-9-11-27-15-19-13-17(1-3-21(19)29)18-2-4-22(30)20(14-18)16-28-12-10-26-8-6-24/h1-4,13-14,25-30H,5-12,15-16,23-24H2.